The number of urea groups is 1. The molecule has 2 amide bonds. The maximum atomic E-state index is 14.1. The van der Waals surface area contributed by atoms with E-state index < -0.39 is 11.6 Å². The predicted octanol–water partition coefficient (Wildman–Crippen LogP) is 3.43. The van der Waals surface area contributed by atoms with E-state index in [1.807, 2.05) is 4.90 Å². The van der Waals surface area contributed by atoms with Crippen LogP contribution in [0.3, 0.4) is 0 Å². The lowest BCUT2D eigenvalue weighted by atomic mass is 10.0. The normalized spacial score (nSPS) is 21.6. The van der Waals surface area contributed by atoms with Crippen molar-refractivity contribution < 1.29 is 13.6 Å². The summed E-state index contributed by atoms with van der Waals surface area (Å²) in [4.78, 5) is 16.9. The van der Waals surface area contributed by atoms with E-state index in [4.69, 9.17) is 0 Å². The second-order valence-corrected chi connectivity index (χ2v) is 7.17. The molecule has 1 aromatic carbocycles. The molecule has 25 heavy (non-hydrogen) atoms. The minimum Gasteiger partial charge on any atom is -0.334 e. The lowest BCUT2D eigenvalue weighted by Crippen LogP contribution is -2.52. The van der Waals surface area contributed by atoms with Crippen LogP contribution in [-0.4, -0.2) is 48.1 Å². The first-order valence-corrected chi connectivity index (χ1v) is 9.26. The summed E-state index contributed by atoms with van der Waals surface area (Å²) in [7, 11) is 0. The Bertz CT molecular complexity index is 617. The van der Waals surface area contributed by atoms with Gasteiger partial charge in [0.25, 0.3) is 0 Å². The first-order chi connectivity index (χ1) is 12.1. The van der Waals surface area contributed by atoms with Crippen LogP contribution < -0.4 is 5.32 Å². The molecule has 2 fully saturated rings. The lowest BCUT2D eigenvalue weighted by molar-refractivity contribution is 0.127. The molecular formula is C19H27F2N3O. The number of rotatable bonds is 4. The Hall–Kier alpha value is -1.69. The molecule has 0 aliphatic carbocycles. The van der Waals surface area contributed by atoms with Crippen molar-refractivity contribution in [2.75, 3.05) is 26.2 Å². The molecule has 0 aromatic heterocycles. The number of carbonyl (C=O) groups is 1. The van der Waals surface area contributed by atoms with E-state index in [1.54, 1.807) is 6.92 Å². The first kappa shape index (κ1) is 18.1. The topological polar surface area (TPSA) is 35.6 Å². The van der Waals surface area contributed by atoms with Crippen LogP contribution in [0.25, 0.3) is 0 Å². The number of hydrogen-bond acceptors (Lipinski definition) is 2. The molecule has 1 atom stereocenters. The van der Waals surface area contributed by atoms with Crippen LogP contribution in [0.15, 0.2) is 12.1 Å². The number of nitrogens with zero attached hydrogens (tertiary/aromatic N) is 2. The Kier molecular flexibility index (Phi) is 5.89. The van der Waals surface area contributed by atoms with Crippen LogP contribution in [0.1, 0.15) is 43.2 Å². The number of aryl methyl sites for hydroxylation is 1. The van der Waals surface area contributed by atoms with E-state index in [0.717, 1.165) is 38.9 Å². The number of carbonyl (C=O) groups excluding carboxylic acids is 1. The number of likely N-dealkylation sites (tertiary alicyclic amines) is 2. The fraction of sp³-hybridized carbons (Fsp3) is 0.632. The zero-order chi connectivity index (χ0) is 17.8. The SMILES string of the molecule is Cc1ccc(F)c(CNC(=O)N2CCCCC2CN2CCCC2)c1F. The minimum atomic E-state index is -0.615. The molecule has 2 aliphatic rings. The van der Waals surface area contributed by atoms with Gasteiger partial charge < -0.3 is 15.1 Å². The number of amides is 2. The van der Waals surface area contributed by atoms with Gasteiger partial charge in [-0.05, 0) is 63.7 Å². The Morgan fingerprint density at radius 3 is 2.64 bits per heavy atom. The summed E-state index contributed by atoms with van der Waals surface area (Å²) in [6.07, 6.45) is 5.56. The smallest absolute Gasteiger partial charge is 0.317 e. The maximum Gasteiger partial charge on any atom is 0.317 e. The second-order valence-electron chi connectivity index (χ2n) is 7.17. The highest BCUT2D eigenvalue weighted by molar-refractivity contribution is 5.74. The predicted molar refractivity (Wildman–Crippen MR) is 93.3 cm³/mol. The van der Waals surface area contributed by atoms with Crippen LogP contribution in [0.2, 0.25) is 0 Å². The van der Waals surface area contributed by atoms with Gasteiger partial charge in [0.1, 0.15) is 11.6 Å². The minimum absolute atomic E-state index is 0.0681. The molecule has 2 heterocycles. The van der Waals surface area contributed by atoms with Crippen molar-refractivity contribution in [3.05, 3.63) is 34.9 Å². The number of benzene rings is 1. The summed E-state index contributed by atoms with van der Waals surface area (Å²) in [5.74, 6) is -1.19. The van der Waals surface area contributed by atoms with E-state index in [2.05, 4.69) is 10.2 Å². The van der Waals surface area contributed by atoms with Crippen LogP contribution in [0.5, 0.6) is 0 Å². The second kappa shape index (κ2) is 8.13. The maximum absolute atomic E-state index is 14.1. The van der Waals surface area contributed by atoms with Crippen molar-refractivity contribution in [3.8, 4) is 0 Å². The van der Waals surface area contributed by atoms with Gasteiger partial charge in [0, 0.05) is 24.7 Å². The Morgan fingerprint density at radius 1 is 1.16 bits per heavy atom. The van der Waals surface area contributed by atoms with Crippen molar-refractivity contribution in [1.29, 1.82) is 0 Å². The van der Waals surface area contributed by atoms with E-state index in [1.165, 1.54) is 25.0 Å². The van der Waals surface area contributed by atoms with Gasteiger partial charge in [0.15, 0.2) is 0 Å². The van der Waals surface area contributed by atoms with Crippen LogP contribution in [0.4, 0.5) is 13.6 Å². The Labute approximate surface area is 148 Å². The molecule has 3 rings (SSSR count). The van der Waals surface area contributed by atoms with Gasteiger partial charge >= 0.3 is 6.03 Å². The summed E-state index contributed by atoms with van der Waals surface area (Å²) in [5, 5.41) is 2.72. The molecule has 6 heteroatoms. The Morgan fingerprint density at radius 2 is 1.88 bits per heavy atom. The molecule has 0 saturated carbocycles. The molecular weight excluding hydrogens is 324 g/mol. The van der Waals surface area contributed by atoms with Gasteiger partial charge in [0.05, 0.1) is 6.54 Å². The average Bonchev–Trinajstić information content (AvgIpc) is 3.11. The summed E-state index contributed by atoms with van der Waals surface area (Å²) < 4.78 is 27.9. The monoisotopic (exact) mass is 351 g/mol. The van der Waals surface area contributed by atoms with Crippen LogP contribution in [-0.2, 0) is 6.54 Å². The van der Waals surface area contributed by atoms with E-state index in [0.29, 0.717) is 12.1 Å². The summed E-state index contributed by atoms with van der Waals surface area (Å²) in [5.41, 5.74) is 0.317. The molecule has 0 spiro atoms. The van der Waals surface area contributed by atoms with Gasteiger partial charge in [-0.2, -0.15) is 0 Å². The molecule has 0 radical (unpaired) electrons. The number of halogens is 2. The molecule has 4 nitrogen and oxygen atoms in total. The van der Waals surface area contributed by atoms with Crippen molar-refractivity contribution in [2.45, 2.75) is 51.6 Å². The van der Waals surface area contributed by atoms with Gasteiger partial charge in [-0.25, -0.2) is 13.6 Å². The molecule has 2 saturated heterocycles. The number of hydrogen-bond donors (Lipinski definition) is 1. The third kappa shape index (κ3) is 4.29. The zero-order valence-corrected chi connectivity index (χ0v) is 14.9. The van der Waals surface area contributed by atoms with Gasteiger partial charge in [-0.15, -0.1) is 0 Å². The molecule has 2 aliphatic heterocycles. The van der Waals surface area contributed by atoms with E-state index in [9.17, 15) is 13.6 Å². The van der Waals surface area contributed by atoms with Crippen molar-refractivity contribution in [1.82, 2.24) is 15.1 Å². The van der Waals surface area contributed by atoms with Crippen molar-refractivity contribution in [2.24, 2.45) is 0 Å². The first-order valence-electron chi connectivity index (χ1n) is 9.26. The summed E-state index contributed by atoms with van der Waals surface area (Å²) in [6.45, 7) is 5.29. The molecule has 1 unspecified atom stereocenters. The van der Waals surface area contributed by atoms with E-state index >= 15 is 0 Å². The van der Waals surface area contributed by atoms with Gasteiger partial charge in [0.2, 0.25) is 0 Å². The largest absolute Gasteiger partial charge is 0.334 e. The summed E-state index contributed by atoms with van der Waals surface area (Å²) in [6, 6.07) is 2.63. The number of nitrogens with one attached hydrogen (secondary N) is 1. The summed E-state index contributed by atoms with van der Waals surface area (Å²) >= 11 is 0. The molecule has 1 aromatic rings. The fourth-order valence-corrected chi connectivity index (χ4v) is 3.86. The van der Waals surface area contributed by atoms with Gasteiger partial charge in [-0.3, -0.25) is 0 Å². The molecule has 0 bridgehead atoms. The quantitative estimate of drug-likeness (QED) is 0.902. The standard InChI is InChI=1S/C19H27F2N3O/c1-14-7-8-17(20)16(18(14)21)12-22-19(25)24-11-3-2-6-15(24)13-23-9-4-5-10-23/h7-8,15H,2-6,9-13H2,1H3,(H,22,25). The van der Waals surface area contributed by atoms with Crippen molar-refractivity contribution in [3.63, 3.8) is 0 Å². The van der Waals surface area contributed by atoms with Crippen LogP contribution in [0, 0.1) is 18.6 Å². The number of piperidine rings is 1. The third-order valence-corrected chi connectivity index (χ3v) is 5.35. The Balaban J connectivity index is 1.61. The van der Waals surface area contributed by atoms with Crippen molar-refractivity contribution >= 4 is 6.03 Å². The zero-order valence-electron chi connectivity index (χ0n) is 14.9. The highest BCUT2D eigenvalue weighted by Crippen LogP contribution is 2.21. The fourth-order valence-electron chi connectivity index (χ4n) is 3.86. The average molecular weight is 351 g/mol. The van der Waals surface area contributed by atoms with Crippen LogP contribution >= 0.6 is 0 Å². The molecule has 138 valence electrons. The highest BCUT2D eigenvalue weighted by Gasteiger charge is 2.29. The van der Waals surface area contributed by atoms with E-state index in [-0.39, 0.29) is 24.2 Å². The molecule has 1 N–H and O–H groups in total. The highest BCUT2D eigenvalue weighted by atomic mass is 19.1. The third-order valence-electron chi connectivity index (χ3n) is 5.35. The lowest BCUT2D eigenvalue weighted by Gasteiger charge is -2.37. The van der Waals surface area contributed by atoms with Gasteiger partial charge in [-0.1, -0.05) is 6.07 Å².